The minimum Gasteiger partial charge on any atom is -0.327 e. The second-order valence-electron chi connectivity index (χ2n) is 8.58. The third-order valence-corrected chi connectivity index (χ3v) is 8.28. The topological polar surface area (TPSA) is 88.5 Å². The van der Waals surface area contributed by atoms with Gasteiger partial charge in [0, 0.05) is 17.8 Å². The van der Waals surface area contributed by atoms with Crippen molar-refractivity contribution in [3.8, 4) is 16.8 Å². The molecule has 0 atom stereocenters. The molecule has 3 aromatic heterocycles. The number of hydrogen-bond acceptors (Lipinski definition) is 6. The third kappa shape index (κ3) is 3.86. The van der Waals surface area contributed by atoms with Gasteiger partial charge in [-0.2, -0.15) is 5.26 Å². The molecule has 0 radical (unpaired) electrons. The molecule has 2 aliphatic rings. The van der Waals surface area contributed by atoms with Crippen molar-refractivity contribution in [1.29, 1.82) is 5.26 Å². The fourth-order valence-corrected chi connectivity index (χ4v) is 6.13. The van der Waals surface area contributed by atoms with Gasteiger partial charge in [0.15, 0.2) is 11.0 Å². The Morgan fingerprint density at radius 3 is 2.62 bits per heavy atom. The monoisotopic (exact) mass is 466 g/mol. The lowest BCUT2D eigenvalue weighted by Gasteiger charge is -2.19. The Morgan fingerprint density at radius 1 is 1.22 bits per heavy atom. The van der Waals surface area contributed by atoms with E-state index < -0.39 is 0 Å². The summed E-state index contributed by atoms with van der Waals surface area (Å²) in [5.74, 6) is 1.65. The number of anilines is 1. The van der Waals surface area contributed by atoms with Gasteiger partial charge in [0.05, 0.1) is 16.2 Å². The van der Waals surface area contributed by atoms with Crippen LogP contribution in [0.4, 0.5) is 5.82 Å². The van der Waals surface area contributed by atoms with Crippen LogP contribution in [-0.2, 0) is 4.79 Å². The summed E-state index contributed by atoms with van der Waals surface area (Å²) < 4.78 is 4.37. The Labute approximate surface area is 195 Å². The first-order chi connectivity index (χ1) is 15.6. The fourth-order valence-electron chi connectivity index (χ4n) is 4.62. The Balaban J connectivity index is 1.35. The molecule has 5 rings (SSSR count). The SMILES string of the molecule is Cc1c(C#N)c(NC(=O)CSc2nnc(-c3cccs3)n2C2CC2)n(C2CCCC2)c1C. The van der Waals surface area contributed by atoms with Crippen LogP contribution in [0, 0.1) is 25.2 Å². The number of nitrogens with one attached hydrogen (secondary N) is 1. The molecule has 0 aromatic carbocycles. The Kier molecular flexibility index (Phi) is 5.82. The number of amides is 1. The molecule has 32 heavy (non-hydrogen) atoms. The zero-order valence-corrected chi connectivity index (χ0v) is 19.9. The molecule has 0 spiro atoms. The Morgan fingerprint density at radius 2 is 1.97 bits per heavy atom. The molecule has 2 fully saturated rings. The van der Waals surface area contributed by atoms with Crippen LogP contribution in [0.1, 0.15) is 67.4 Å². The van der Waals surface area contributed by atoms with E-state index in [4.69, 9.17) is 0 Å². The van der Waals surface area contributed by atoms with Crippen LogP contribution in [0.3, 0.4) is 0 Å². The molecular weight excluding hydrogens is 440 g/mol. The van der Waals surface area contributed by atoms with Crippen LogP contribution in [-0.4, -0.2) is 31.0 Å². The summed E-state index contributed by atoms with van der Waals surface area (Å²) >= 11 is 3.06. The first-order valence-corrected chi connectivity index (χ1v) is 13.0. The van der Waals surface area contributed by atoms with Gasteiger partial charge in [0.1, 0.15) is 11.9 Å². The lowest BCUT2D eigenvalue weighted by molar-refractivity contribution is -0.113. The van der Waals surface area contributed by atoms with Gasteiger partial charge in [-0.15, -0.1) is 21.5 Å². The number of carbonyl (C=O) groups excluding carboxylic acids is 1. The number of thiophene rings is 1. The largest absolute Gasteiger partial charge is 0.327 e. The molecule has 3 heterocycles. The molecule has 0 aliphatic heterocycles. The molecule has 0 saturated heterocycles. The van der Waals surface area contributed by atoms with Gasteiger partial charge in [-0.05, 0) is 56.5 Å². The van der Waals surface area contributed by atoms with E-state index >= 15 is 0 Å². The minimum atomic E-state index is -0.119. The van der Waals surface area contributed by atoms with Crippen molar-refractivity contribution in [2.45, 2.75) is 69.6 Å². The Hall–Kier alpha value is -2.57. The van der Waals surface area contributed by atoms with Crippen LogP contribution in [0.25, 0.3) is 10.7 Å². The maximum atomic E-state index is 13.0. The number of nitriles is 1. The number of carbonyl (C=O) groups is 1. The van der Waals surface area contributed by atoms with Crippen molar-refractivity contribution >= 4 is 34.8 Å². The highest BCUT2D eigenvalue weighted by Gasteiger charge is 2.31. The highest BCUT2D eigenvalue weighted by atomic mass is 32.2. The maximum Gasteiger partial charge on any atom is 0.235 e. The first kappa shape index (κ1) is 21.3. The van der Waals surface area contributed by atoms with Gasteiger partial charge in [-0.1, -0.05) is 30.7 Å². The Bertz CT molecular complexity index is 1180. The van der Waals surface area contributed by atoms with E-state index in [0.717, 1.165) is 52.8 Å². The predicted molar refractivity (Wildman–Crippen MR) is 127 cm³/mol. The molecule has 1 amide bonds. The summed E-state index contributed by atoms with van der Waals surface area (Å²) in [5, 5.41) is 24.4. The van der Waals surface area contributed by atoms with Crippen molar-refractivity contribution in [2.24, 2.45) is 0 Å². The van der Waals surface area contributed by atoms with Gasteiger partial charge in [0.25, 0.3) is 0 Å². The van der Waals surface area contributed by atoms with Gasteiger partial charge < -0.3 is 9.88 Å². The van der Waals surface area contributed by atoms with E-state index in [1.807, 2.05) is 25.3 Å². The molecule has 166 valence electrons. The van der Waals surface area contributed by atoms with Crippen LogP contribution in [0.5, 0.6) is 0 Å². The van der Waals surface area contributed by atoms with Crippen molar-refractivity contribution < 1.29 is 4.79 Å². The smallest absolute Gasteiger partial charge is 0.235 e. The van der Waals surface area contributed by atoms with Crippen LogP contribution in [0.2, 0.25) is 0 Å². The van der Waals surface area contributed by atoms with Gasteiger partial charge in [-0.3, -0.25) is 9.36 Å². The molecule has 9 heteroatoms. The van der Waals surface area contributed by atoms with Gasteiger partial charge in [0.2, 0.25) is 5.91 Å². The standard InChI is InChI=1S/C23H26N6OS2/c1-14-15(2)28(16-6-3-4-7-16)21(18(14)12-24)25-20(30)13-32-23-27-26-22(19-8-5-11-31-19)29(23)17-9-10-17/h5,8,11,16-17H,3-4,6-7,9-10,13H2,1-2H3,(H,25,30). The molecule has 2 saturated carbocycles. The van der Waals surface area contributed by atoms with Gasteiger partial charge in [-0.25, -0.2) is 0 Å². The van der Waals surface area contributed by atoms with E-state index in [0.29, 0.717) is 23.5 Å². The summed E-state index contributed by atoms with van der Waals surface area (Å²) in [6.07, 6.45) is 6.80. The summed E-state index contributed by atoms with van der Waals surface area (Å²) in [6, 6.07) is 7.15. The highest BCUT2D eigenvalue weighted by molar-refractivity contribution is 7.99. The van der Waals surface area contributed by atoms with E-state index in [-0.39, 0.29) is 11.7 Å². The predicted octanol–water partition coefficient (Wildman–Crippen LogP) is 5.48. The molecule has 2 aliphatic carbocycles. The molecule has 0 bridgehead atoms. The second kappa shape index (κ2) is 8.75. The number of hydrogen-bond donors (Lipinski definition) is 1. The number of nitrogens with zero attached hydrogens (tertiary/aromatic N) is 5. The van der Waals surface area contributed by atoms with E-state index in [2.05, 4.69) is 36.8 Å². The normalized spacial score (nSPS) is 16.4. The molecule has 1 N–H and O–H groups in total. The highest BCUT2D eigenvalue weighted by Crippen LogP contribution is 2.42. The molecule has 3 aromatic rings. The zero-order chi connectivity index (χ0) is 22.2. The van der Waals surface area contributed by atoms with Crippen molar-refractivity contribution in [3.63, 3.8) is 0 Å². The number of aromatic nitrogens is 4. The first-order valence-electron chi connectivity index (χ1n) is 11.1. The van der Waals surface area contributed by atoms with Crippen LogP contribution in [0.15, 0.2) is 22.7 Å². The average Bonchev–Trinajstić information content (AvgIpc) is 3.21. The third-order valence-electron chi connectivity index (χ3n) is 6.47. The van der Waals surface area contributed by atoms with E-state index in [9.17, 15) is 10.1 Å². The van der Waals surface area contributed by atoms with Crippen molar-refractivity contribution in [3.05, 3.63) is 34.3 Å². The zero-order valence-electron chi connectivity index (χ0n) is 18.3. The van der Waals surface area contributed by atoms with E-state index in [1.54, 1.807) is 11.3 Å². The molecule has 7 nitrogen and oxygen atoms in total. The summed E-state index contributed by atoms with van der Waals surface area (Å²) in [5.41, 5.74) is 2.61. The maximum absolute atomic E-state index is 13.0. The molecule has 0 unspecified atom stereocenters. The summed E-state index contributed by atoms with van der Waals surface area (Å²) in [6.45, 7) is 4.01. The summed E-state index contributed by atoms with van der Waals surface area (Å²) in [7, 11) is 0. The molecular formula is C23H26N6OS2. The van der Waals surface area contributed by atoms with Crippen LogP contribution < -0.4 is 5.32 Å². The fraction of sp³-hybridized carbons (Fsp3) is 0.478. The average molecular weight is 467 g/mol. The van der Waals surface area contributed by atoms with Crippen LogP contribution >= 0.6 is 23.1 Å². The minimum absolute atomic E-state index is 0.119. The quantitative estimate of drug-likeness (QED) is 0.466. The summed E-state index contributed by atoms with van der Waals surface area (Å²) in [4.78, 5) is 14.1. The second-order valence-corrected chi connectivity index (χ2v) is 10.5. The number of thioether (sulfide) groups is 1. The van der Waals surface area contributed by atoms with Gasteiger partial charge >= 0.3 is 0 Å². The van der Waals surface area contributed by atoms with Crippen molar-refractivity contribution in [2.75, 3.05) is 11.1 Å². The van der Waals surface area contributed by atoms with Crippen molar-refractivity contribution in [1.82, 2.24) is 19.3 Å². The number of rotatable bonds is 7. The lowest BCUT2D eigenvalue weighted by Crippen LogP contribution is -2.20. The lowest BCUT2D eigenvalue weighted by atomic mass is 10.2. The van der Waals surface area contributed by atoms with E-state index in [1.165, 1.54) is 24.6 Å².